The van der Waals surface area contributed by atoms with Crippen molar-refractivity contribution in [3.8, 4) is 22.4 Å². The number of rotatable bonds is 3. The zero-order valence-corrected chi connectivity index (χ0v) is 20.5. The van der Waals surface area contributed by atoms with Crippen molar-refractivity contribution in [3.05, 3.63) is 94.4 Å². The molecule has 3 heteroatoms. The summed E-state index contributed by atoms with van der Waals surface area (Å²) in [5.41, 5.74) is 8.98. The van der Waals surface area contributed by atoms with E-state index < -0.39 is 5.89 Å². The number of fused-ring (bicyclic) bond motifs is 3. The van der Waals surface area contributed by atoms with E-state index in [1.165, 1.54) is 0 Å². The third kappa shape index (κ3) is 3.22. The molecule has 0 aliphatic carbocycles. The molecule has 0 aliphatic heterocycles. The Morgan fingerprint density at radius 1 is 0.912 bits per heavy atom. The van der Waals surface area contributed by atoms with Crippen molar-refractivity contribution in [3.63, 3.8) is 0 Å². The monoisotopic (exact) mass is 447 g/mol. The predicted molar refractivity (Wildman–Crippen MR) is 140 cm³/mol. The summed E-state index contributed by atoms with van der Waals surface area (Å²) in [6.45, 7) is 17.5. The molecule has 2 heterocycles. The van der Waals surface area contributed by atoms with Crippen LogP contribution in [-0.4, -0.2) is 0 Å². The quantitative estimate of drug-likeness (QED) is 0.201. The molecular formula is C31H29N2O+. The molecule has 0 aliphatic rings. The van der Waals surface area contributed by atoms with Gasteiger partial charge in [0.15, 0.2) is 11.4 Å². The molecule has 3 nitrogen and oxygen atoms in total. The second-order valence-corrected chi connectivity index (χ2v) is 9.17. The lowest BCUT2D eigenvalue weighted by Gasteiger charge is -2.15. The number of hydrogen-bond donors (Lipinski definition) is 0. The lowest BCUT2D eigenvalue weighted by molar-refractivity contribution is -0.667. The zero-order chi connectivity index (χ0) is 25.9. The highest BCUT2D eigenvalue weighted by atomic mass is 16.3. The second-order valence-electron chi connectivity index (χ2n) is 9.17. The van der Waals surface area contributed by atoms with E-state index in [0.29, 0.717) is 22.9 Å². The maximum Gasteiger partial charge on any atom is 0.216 e. The predicted octanol–water partition coefficient (Wildman–Crippen LogP) is 8.34. The Hall–Kier alpha value is -3.90. The van der Waals surface area contributed by atoms with Crippen LogP contribution in [-0.2, 0) is 7.05 Å². The van der Waals surface area contributed by atoms with Crippen molar-refractivity contribution in [1.82, 2.24) is 0 Å². The first kappa shape index (κ1) is 19.6. The van der Waals surface area contributed by atoms with E-state index in [1.54, 1.807) is 0 Å². The Balaban J connectivity index is 1.93. The average molecular weight is 448 g/mol. The molecule has 0 atom stereocenters. The molecule has 2 aromatic heterocycles. The van der Waals surface area contributed by atoms with Gasteiger partial charge in [0.25, 0.3) is 0 Å². The number of hydrogen-bond acceptors (Lipinski definition) is 1. The van der Waals surface area contributed by atoms with Gasteiger partial charge in [0, 0.05) is 36.2 Å². The van der Waals surface area contributed by atoms with E-state index in [-0.39, 0.29) is 0 Å². The maximum atomic E-state index is 9.15. The number of pyridine rings is 1. The van der Waals surface area contributed by atoms with Crippen LogP contribution >= 0.6 is 0 Å². The number of nitrogens with zero attached hydrogens (tertiary/aromatic N) is 2. The van der Waals surface area contributed by atoms with E-state index in [2.05, 4.69) is 17.0 Å². The minimum atomic E-state index is -0.818. The minimum absolute atomic E-state index is 0.402. The molecule has 0 saturated heterocycles. The topological polar surface area (TPSA) is 21.4 Å². The molecule has 0 spiro atoms. The van der Waals surface area contributed by atoms with Crippen LogP contribution < -0.4 is 4.57 Å². The third-order valence-electron chi connectivity index (χ3n) is 6.80. The molecule has 0 N–H and O–H groups in total. The Kier molecular flexibility index (Phi) is 4.69. The molecule has 0 fully saturated rings. The Morgan fingerprint density at radius 3 is 2.21 bits per heavy atom. The lowest BCUT2D eigenvalue weighted by Crippen LogP contribution is -2.37. The van der Waals surface area contributed by atoms with E-state index in [9.17, 15) is 0 Å². The fourth-order valence-electron chi connectivity index (χ4n) is 5.16. The molecule has 0 amide bonds. The second kappa shape index (κ2) is 8.15. The van der Waals surface area contributed by atoms with Gasteiger partial charge in [0.05, 0.1) is 13.5 Å². The van der Waals surface area contributed by atoms with Crippen LogP contribution in [0.3, 0.4) is 0 Å². The van der Waals surface area contributed by atoms with Crippen molar-refractivity contribution < 1.29 is 11.7 Å². The van der Waals surface area contributed by atoms with Crippen LogP contribution in [0.5, 0.6) is 0 Å². The van der Waals surface area contributed by atoms with Gasteiger partial charge in [-0.05, 0) is 36.4 Å². The molecule has 3 aromatic carbocycles. The summed E-state index contributed by atoms with van der Waals surface area (Å²) >= 11 is 0. The first-order chi connectivity index (χ1) is 17.1. The summed E-state index contributed by atoms with van der Waals surface area (Å²) in [6, 6.07) is 18.3. The van der Waals surface area contributed by atoms with Crippen LogP contribution in [0.4, 0.5) is 5.69 Å². The van der Waals surface area contributed by atoms with Crippen LogP contribution in [0.1, 0.15) is 44.9 Å². The number of furan rings is 1. The van der Waals surface area contributed by atoms with Gasteiger partial charge in [-0.25, -0.2) is 4.85 Å². The van der Waals surface area contributed by atoms with Crippen molar-refractivity contribution in [2.45, 2.75) is 40.5 Å². The molecule has 5 rings (SSSR count). The molecule has 0 radical (unpaired) electrons. The highest BCUT2D eigenvalue weighted by molar-refractivity contribution is 6.15. The molecule has 34 heavy (non-hydrogen) atoms. The molecule has 0 bridgehead atoms. The first-order valence-corrected chi connectivity index (χ1v) is 11.5. The van der Waals surface area contributed by atoms with Gasteiger partial charge in [-0.2, -0.15) is 4.57 Å². The maximum absolute atomic E-state index is 9.15. The number of aromatic nitrogens is 1. The normalized spacial score (nSPS) is 12.6. The zero-order valence-electron chi connectivity index (χ0n) is 22.5. The van der Waals surface area contributed by atoms with Gasteiger partial charge in [-0.15, -0.1) is 0 Å². The molecule has 5 aromatic rings. The SMILES string of the molecule is [2H]c1c(C)c(C([2H])(C)C)c(C)[n+](C)c1-c1c(C)ccc2c1oc1c(-c3ccccc3)c([N+]#[C-])ccc12. The molecule has 0 saturated carbocycles. The Morgan fingerprint density at radius 2 is 1.56 bits per heavy atom. The van der Waals surface area contributed by atoms with Crippen molar-refractivity contribution in [2.24, 2.45) is 7.05 Å². The standard InChI is InChI=1S/C31H29N2O/c1-18(2)27-20(4)17-26(33(7)21(27)5)28-19(3)13-14-23-24-15-16-25(32-6)29(31(24)34-30(23)28)22-11-9-8-10-12-22/h8-18H,1-5,7H3/q+1/i17D,18D. The van der Waals surface area contributed by atoms with Gasteiger partial charge < -0.3 is 4.42 Å². The highest BCUT2D eigenvalue weighted by Crippen LogP contribution is 2.44. The van der Waals surface area contributed by atoms with Gasteiger partial charge in [-0.3, -0.25) is 0 Å². The number of aryl methyl sites for hydroxylation is 1. The smallest absolute Gasteiger partial charge is 0.216 e. The van der Waals surface area contributed by atoms with Gasteiger partial charge in [0.2, 0.25) is 5.69 Å². The minimum Gasteiger partial charge on any atom is -0.456 e. The van der Waals surface area contributed by atoms with Crippen molar-refractivity contribution in [2.75, 3.05) is 0 Å². The van der Waals surface area contributed by atoms with Crippen LogP contribution in [0, 0.1) is 27.3 Å². The third-order valence-corrected chi connectivity index (χ3v) is 6.80. The Labute approximate surface area is 203 Å². The first-order valence-electron chi connectivity index (χ1n) is 12.5. The van der Waals surface area contributed by atoms with Gasteiger partial charge >= 0.3 is 0 Å². The average Bonchev–Trinajstić information content (AvgIpc) is 3.22. The fourth-order valence-corrected chi connectivity index (χ4v) is 5.16. The molecular weight excluding hydrogens is 416 g/mol. The van der Waals surface area contributed by atoms with E-state index >= 15 is 0 Å². The fraction of sp³-hybridized carbons (Fsp3) is 0.226. The summed E-state index contributed by atoms with van der Waals surface area (Å²) in [4.78, 5) is 3.79. The highest BCUT2D eigenvalue weighted by Gasteiger charge is 2.26. The van der Waals surface area contributed by atoms with Gasteiger partial charge in [-0.1, -0.05) is 68.4 Å². The van der Waals surface area contributed by atoms with E-state index in [4.69, 9.17) is 13.7 Å². The number of benzene rings is 3. The van der Waals surface area contributed by atoms with E-state index in [0.717, 1.165) is 55.5 Å². The largest absolute Gasteiger partial charge is 0.456 e. The van der Waals surface area contributed by atoms with Crippen LogP contribution in [0.2, 0.25) is 0 Å². The Bertz CT molecular complexity index is 1690. The summed E-state index contributed by atoms with van der Waals surface area (Å²) in [5.74, 6) is -0.818. The molecule has 0 unspecified atom stereocenters. The summed E-state index contributed by atoms with van der Waals surface area (Å²) < 4.78 is 26.5. The van der Waals surface area contributed by atoms with E-state index in [1.807, 2.05) is 88.7 Å². The summed E-state index contributed by atoms with van der Waals surface area (Å²) in [6.07, 6.45) is 0. The molecule has 168 valence electrons. The van der Waals surface area contributed by atoms with Gasteiger partial charge in [0.1, 0.15) is 18.2 Å². The summed E-state index contributed by atoms with van der Waals surface area (Å²) in [5, 5.41) is 1.91. The lowest BCUT2D eigenvalue weighted by atomic mass is 9.93. The summed E-state index contributed by atoms with van der Waals surface area (Å²) in [7, 11) is 1.96. The van der Waals surface area contributed by atoms with Crippen molar-refractivity contribution >= 4 is 27.6 Å². The van der Waals surface area contributed by atoms with Crippen LogP contribution in [0.15, 0.2) is 65.1 Å². The van der Waals surface area contributed by atoms with Crippen molar-refractivity contribution in [1.29, 1.82) is 0 Å². The van der Waals surface area contributed by atoms with Crippen LogP contribution in [0.25, 0.3) is 49.2 Å².